The molecular formula is C19H23N3O. The van der Waals surface area contributed by atoms with Crippen molar-refractivity contribution < 1.29 is 4.79 Å². The Bertz CT molecular complexity index is 657. The maximum Gasteiger partial charge on any atom is 0.224 e. The Morgan fingerprint density at radius 1 is 1.13 bits per heavy atom. The highest BCUT2D eigenvalue weighted by atomic mass is 16.1. The van der Waals surface area contributed by atoms with Crippen LogP contribution in [0.2, 0.25) is 0 Å². The fourth-order valence-corrected chi connectivity index (χ4v) is 3.10. The second-order valence-corrected chi connectivity index (χ2v) is 6.20. The Hall–Kier alpha value is -2.33. The van der Waals surface area contributed by atoms with Crippen molar-refractivity contribution in [2.75, 3.05) is 18.8 Å². The standard InChI is InChI=1S/C19H23N3O/c20-17-8-4-7-16(11-17)12-19(23)21-18-9-10-22(14-18)13-15-5-2-1-3-6-15/h1-8,11,18H,9-10,12-14,20H2,(H,21,23). The first-order valence-electron chi connectivity index (χ1n) is 8.09. The lowest BCUT2D eigenvalue weighted by Gasteiger charge is -2.17. The predicted octanol–water partition coefficient (Wildman–Crippen LogP) is 2.20. The Labute approximate surface area is 137 Å². The van der Waals surface area contributed by atoms with E-state index in [0.717, 1.165) is 31.6 Å². The number of hydrogen-bond acceptors (Lipinski definition) is 3. The topological polar surface area (TPSA) is 58.4 Å². The van der Waals surface area contributed by atoms with Gasteiger partial charge in [0, 0.05) is 31.4 Å². The number of benzene rings is 2. The van der Waals surface area contributed by atoms with E-state index in [1.165, 1.54) is 5.56 Å². The molecule has 0 aromatic heterocycles. The number of carbonyl (C=O) groups is 1. The van der Waals surface area contributed by atoms with E-state index in [1.54, 1.807) is 0 Å². The molecule has 1 amide bonds. The number of nitrogens with two attached hydrogens (primary N) is 1. The lowest BCUT2D eigenvalue weighted by Crippen LogP contribution is -2.37. The molecule has 0 saturated carbocycles. The minimum atomic E-state index is 0.0714. The van der Waals surface area contributed by atoms with Crippen molar-refractivity contribution in [2.24, 2.45) is 0 Å². The van der Waals surface area contributed by atoms with Crippen LogP contribution in [0.3, 0.4) is 0 Å². The van der Waals surface area contributed by atoms with Gasteiger partial charge in [-0.05, 0) is 29.7 Å². The smallest absolute Gasteiger partial charge is 0.224 e. The molecule has 2 aromatic carbocycles. The predicted molar refractivity (Wildman–Crippen MR) is 92.8 cm³/mol. The molecule has 4 heteroatoms. The molecule has 1 saturated heterocycles. The minimum Gasteiger partial charge on any atom is -0.399 e. The van der Waals surface area contributed by atoms with Gasteiger partial charge in [0.25, 0.3) is 0 Å². The molecule has 3 N–H and O–H groups in total. The van der Waals surface area contributed by atoms with Crippen LogP contribution in [0.1, 0.15) is 17.5 Å². The number of anilines is 1. The third-order valence-corrected chi connectivity index (χ3v) is 4.20. The van der Waals surface area contributed by atoms with Gasteiger partial charge in [0.1, 0.15) is 0 Å². The van der Waals surface area contributed by atoms with Gasteiger partial charge in [0.15, 0.2) is 0 Å². The summed E-state index contributed by atoms with van der Waals surface area (Å²) >= 11 is 0. The van der Waals surface area contributed by atoms with Crippen molar-refractivity contribution in [1.29, 1.82) is 0 Å². The first-order chi connectivity index (χ1) is 11.2. The Morgan fingerprint density at radius 3 is 2.70 bits per heavy atom. The molecule has 0 aliphatic carbocycles. The highest BCUT2D eigenvalue weighted by molar-refractivity contribution is 5.79. The van der Waals surface area contributed by atoms with E-state index in [4.69, 9.17) is 5.73 Å². The first-order valence-corrected chi connectivity index (χ1v) is 8.09. The summed E-state index contributed by atoms with van der Waals surface area (Å²) in [5, 5.41) is 3.14. The van der Waals surface area contributed by atoms with Gasteiger partial charge in [-0.15, -0.1) is 0 Å². The van der Waals surface area contributed by atoms with Gasteiger partial charge in [0.05, 0.1) is 6.42 Å². The second kappa shape index (κ2) is 7.29. The van der Waals surface area contributed by atoms with Crippen molar-refractivity contribution >= 4 is 11.6 Å². The third kappa shape index (κ3) is 4.57. The lowest BCUT2D eigenvalue weighted by atomic mass is 10.1. The summed E-state index contributed by atoms with van der Waals surface area (Å²) < 4.78 is 0. The molecule has 4 nitrogen and oxygen atoms in total. The normalized spacial score (nSPS) is 18.0. The van der Waals surface area contributed by atoms with Crippen LogP contribution in [0.4, 0.5) is 5.69 Å². The van der Waals surface area contributed by atoms with Crippen LogP contribution >= 0.6 is 0 Å². The van der Waals surface area contributed by atoms with Crippen LogP contribution in [-0.2, 0) is 17.8 Å². The van der Waals surface area contributed by atoms with E-state index >= 15 is 0 Å². The first kappa shape index (κ1) is 15.6. The van der Waals surface area contributed by atoms with E-state index in [9.17, 15) is 4.79 Å². The van der Waals surface area contributed by atoms with E-state index in [2.05, 4.69) is 34.5 Å². The van der Waals surface area contributed by atoms with Crippen LogP contribution in [0.5, 0.6) is 0 Å². The largest absolute Gasteiger partial charge is 0.399 e. The maximum absolute atomic E-state index is 12.2. The van der Waals surface area contributed by atoms with Crippen LogP contribution in [0.15, 0.2) is 54.6 Å². The summed E-state index contributed by atoms with van der Waals surface area (Å²) in [6.07, 6.45) is 1.40. The van der Waals surface area contributed by atoms with Crippen molar-refractivity contribution in [1.82, 2.24) is 10.2 Å². The Morgan fingerprint density at radius 2 is 1.91 bits per heavy atom. The molecule has 23 heavy (non-hydrogen) atoms. The number of nitrogen functional groups attached to an aromatic ring is 1. The quantitative estimate of drug-likeness (QED) is 0.833. The summed E-state index contributed by atoms with van der Waals surface area (Å²) in [6.45, 7) is 2.89. The number of nitrogens with zero attached hydrogens (tertiary/aromatic N) is 1. The van der Waals surface area contributed by atoms with Crippen LogP contribution in [0, 0.1) is 0 Å². The molecule has 0 bridgehead atoms. The number of likely N-dealkylation sites (tertiary alicyclic amines) is 1. The number of amides is 1. The molecule has 120 valence electrons. The molecule has 1 fully saturated rings. The van der Waals surface area contributed by atoms with Gasteiger partial charge < -0.3 is 11.1 Å². The molecule has 1 atom stereocenters. The molecule has 0 spiro atoms. The Balaban J connectivity index is 1.47. The number of rotatable bonds is 5. The van der Waals surface area contributed by atoms with Crippen LogP contribution in [-0.4, -0.2) is 29.9 Å². The maximum atomic E-state index is 12.2. The molecule has 1 unspecified atom stereocenters. The monoisotopic (exact) mass is 309 g/mol. The number of nitrogens with one attached hydrogen (secondary N) is 1. The summed E-state index contributed by atoms with van der Waals surface area (Å²) in [5.74, 6) is 0.0714. The number of carbonyl (C=O) groups excluding carboxylic acids is 1. The van der Waals surface area contributed by atoms with Gasteiger partial charge in [0.2, 0.25) is 5.91 Å². The number of hydrogen-bond donors (Lipinski definition) is 2. The van der Waals surface area contributed by atoms with Crippen molar-refractivity contribution in [2.45, 2.75) is 25.4 Å². The summed E-state index contributed by atoms with van der Waals surface area (Å²) in [6, 6.07) is 18.2. The summed E-state index contributed by atoms with van der Waals surface area (Å²) in [4.78, 5) is 14.6. The molecule has 0 radical (unpaired) electrons. The van der Waals surface area contributed by atoms with Gasteiger partial charge in [-0.25, -0.2) is 0 Å². The second-order valence-electron chi connectivity index (χ2n) is 6.20. The van der Waals surface area contributed by atoms with Crippen molar-refractivity contribution in [3.8, 4) is 0 Å². The molecular weight excluding hydrogens is 286 g/mol. The third-order valence-electron chi connectivity index (χ3n) is 4.20. The van der Waals surface area contributed by atoms with Crippen LogP contribution < -0.4 is 11.1 Å². The zero-order valence-electron chi connectivity index (χ0n) is 13.2. The van der Waals surface area contributed by atoms with E-state index in [0.29, 0.717) is 12.1 Å². The average molecular weight is 309 g/mol. The SMILES string of the molecule is Nc1cccc(CC(=O)NC2CCN(Cc3ccccc3)C2)c1. The van der Waals surface area contributed by atoms with E-state index in [1.807, 2.05) is 30.3 Å². The molecule has 3 rings (SSSR count). The van der Waals surface area contributed by atoms with E-state index < -0.39 is 0 Å². The van der Waals surface area contributed by atoms with Crippen molar-refractivity contribution in [3.05, 3.63) is 65.7 Å². The van der Waals surface area contributed by atoms with Gasteiger partial charge >= 0.3 is 0 Å². The van der Waals surface area contributed by atoms with Gasteiger partial charge in [-0.2, -0.15) is 0 Å². The lowest BCUT2D eigenvalue weighted by molar-refractivity contribution is -0.121. The summed E-state index contributed by atoms with van der Waals surface area (Å²) in [7, 11) is 0. The van der Waals surface area contributed by atoms with Gasteiger partial charge in [-0.3, -0.25) is 9.69 Å². The van der Waals surface area contributed by atoms with Crippen molar-refractivity contribution in [3.63, 3.8) is 0 Å². The van der Waals surface area contributed by atoms with Gasteiger partial charge in [-0.1, -0.05) is 42.5 Å². The molecule has 1 heterocycles. The van der Waals surface area contributed by atoms with Crippen LogP contribution in [0.25, 0.3) is 0 Å². The average Bonchev–Trinajstić information content (AvgIpc) is 2.95. The fraction of sp³-hybridized carbons (Fsp3) is 0.316. The minimum absolute atomic E-state index is 0.0714. The molecule has 2 aromatic rings. The highest BCUT2D eigenvalue weighted by Gasteiger charge is 2.23. The zero-order chi connectivity index (χ0) is 16.1. The zero-order valence-corrected chi connectivity index (χ0v) is 13.2. The van der Waals surface area contributed by atoms with E-state index in [-0.39, 0.29) is 11.9 Å². The fourth-order valence-electron chi connectivity index (χ4n) is 3.10. The Kier molecular flexibility index (Phi) is 4.93. The molecule has 1 aliphatic rings. The molecule has 1 aliphatic heterocycles. The highest BCUT2D eigenvalue weighted by Crippen LogP contribution is 2.14. The summed E-state index contributed by atoms with van der Waals surface area (Å²) in [5.41, 5.74) is 8.73.